The molecule has 4 aromatic rings. The number of thiocarbonyl (C=S) groups is 1. The molecule has 1 saturated heterocycles. The van der Waals surface area contributed by atoms with E-state index in [-0.39, 0.29) is 12.1 Å². The Hall–Kier alpha value is -3.91. The number of hydrogen-bond acceptors (Lipinski definition) is 5. The molecule has 3 aromatic heterocycles. The van der Waals surface area contributed by atoms with Crippen molar-refractivity contribution in [2.24, 2.45) is 0 Å². The van der Waals surface area contributed by atoms with Crippen LogP contribution in [0.2, 0.25) is 0 Å². The second kappa shape index (κ2) is 9.38. The third-order valence-electron chi connectivity index (χ3n) is 6.41. The molecule has 1 aliphatic heterocycles. The number of aromatic nitrogens is 3. The molecule has 178 valence electrons. The molecule has 8 heteroatoms. The molecule has 7 nitrogen and oxygen atoms in total. The van der Waals surface area contributed by atoms with E-state index in [2.05, 4.69) is 44.7 Å². The fourth-order valence-corrected chi connectivity index (χ4v) is 5.18. The molecule has 0 bridgehead atoms. The first-order valence-electron chi connectivity index (χ1n) is 11.4. The number of rotatable bonds is 6. The van der Waals surface area contributed by atoms with Gasteiger partial charge in [0.05, 0.1) is 37.7 Å². The van der Waals surface area contributed by atoms with E-state index in [0.717, 1.165) is 39.9 Å². The van der Waals surface area contributed by atoms with Crippen LogP contribution in [0.4, 0.5) is 5.69 Å². The highest BCUT2D eigenvalue weighted by Crippen LogP contribution is 2.46. The van der Waals surface area contributed by atoms with Crippen molar-refractivity contribution >= 4 is 23.0 Å². The summed E-state index contributed by atoms with van der Waals surface area (Å²) in [5.41, 5.74) is 5.04. The second-order valence-corrected chi connectivity index (χ2v) is 8.77. The summed E-state index contributed by atoms with van der Waals surface area (Å²) in [6.45, 7) is 4.22. The maximum atomic E-state index is 5.91. The minimum Gasteiger partial charge on any atom is -0.497 e. The highest BCUT2D eigenvalue weighted by molar-refractivity contribution is 7.80. The Morgan fingerprint density at radius 3 is 2.34 bits per heavy atom. The van der Waals surface area contributed by atoms with Crippen LogP contribution in [-0.4, -0.2) is 33.9 Å². The van der Waals surface area contributed by atoms with Gasteiger partial charge in [-0.3, -0.25) is 4.98 Å². The van der Waals surface area contributed by atoms with Crippen LogP contribution in [0.25, 0.3) is 5.82 Å². The molecule has 0 aliphatic carbocycles. The van der Waals surface area contributed by atoms with Crippen molar-refractivity contribution in [3.05, 3.63) is 95.7 Å². The Morgan fingerprint density at radius 2 is 1.69 bits per heavy atom. The highest BCUT2D eigenvalue weighted by atomic mass is 32.1. The van der Waals surface area contributed by atoms with Gasteiger partial charge in [-0.1, -0.05) is 12.1 Å². The van der Waals surface area contributed by atoms with Crippen LogP contribution in [0.1, 0.15) is 34.7 Å². The Balaban J connectivity index is 1.72. The zero-order chi connectivity index (χ0) is 24.5. The minimum absolute atomic E-state index is 0.169. The van der Waals surface area contributed by atoms with E-state index in [4.69, 9.17) is 21.7 Å². The number of benzene rings is 1. The van der Waals surface area contributed by atoms with E-state index >= 15 is 0 Å². The van der Waals surface area contributed by atoms with E-state index in [9.17, 15) is 0 Å². The Kier molecular flexibility index (Phi) is 6.13. The fraction of sp³-hybridized carbons (Fsp3) is 0.222. The lowest BCUT2D eigenvalue weighted by Crippen LogP contribution is -2.30. The maximum Gasteiger partial charge on any atom is 0.174 e. The van der Waals surface area contributed by atoms with Crippen LogP contribution in [0.15, 0.2) is 73.1 Å². The van der Waals surface area contributed by atoms with Crippen molar-refractivity contribution in [1.29, 1.82) is 0 Å². The summed E-state index contributed by atoms with van der Waals surface area (Å²) in [7, 11) is 3.32. The van der Waals surface area contributed by atoms with E-state index in [1.165, 1.54) is 0 Å². The monoisotopic (exact) mass is 485 g/mol. The third kappa shape index (κ3) is 4.00. The molecule has 1 fully saturated rings. The molecule has 0 spiro atoms. The molecule has 5 rings (SSSR count). The summed E-state index contributed by atoms with van der Waals surface area (Å²) in [6.07, 6.45) is 3.62. The summed E-state index contributed by atoms with van der Waals surface area (Å²) in [4.78, 5) is 11.4. The Morgan fingerprint density at radius 1 is 0.914 bits per heavy atom. The largest absolute Gasteiger partial charge is 0.497 e. The summed E-state index contributed by atoms with van der Waals surface area (Å²) >= 11 is 5.91. The lowest BCUT2D eigenvalue weighted by Gasteiger charge is -2.29. The minimum atomic E-state index is -0.179. The summed E-state index contributed by atoms with van der Waals surface area (Å²) < 4.78 is 13.5. The van der Waals surface area contributed by atoms with E-state index in [1.807, 2.05) is 67.0 Å². The van der Waals surface area contributed by atoms with Gasteiger partial charge in [-0.25, -0.2) is 4.98 Å². The summed E-state index contributed by atoms with van der Waals surface area (Å²) in [5.74, 6) is 2.31. The van der Waals surface area contributed by atoms with Gasteiger partial charge in [0, 0.05) is 29.8 Å². The van der Waals surface area contributed by atoms with Crippen LogP contribution >= 0.6 is 12.2 Å². The van der Waals surface area contributed by atoms with Crippen molar-refractivity contribution in [3.63, 3.8) is 0 Å². The predicted molar refractivity (Wildman–Crippen MR) is 141 cm³/mol. The average Bonchev–Trinajstić information content (AvgIpc) is 3.39. The lowest BCUT2D eigenvalue weighted by atomic mass is 9.96. The van der Waals surface area contributed by atoms with Gasteiger partial charge in [0.2, 0.25) is 0 Å². The van der Waals surface area contributed by atoms with Gasteiger partial charge < -0.3 is 24.3 Å². The number of methoxy groups -OCH3 is 2. The number of nitrogens with zero attached hydrogens (tertiary/aromatic N) is 4. The van der Waals surface area contributed by atoms with Crippen LogP contribution in [-0.2, 0) is 0 Å². The van der Waals surface area contributed by atoms with Crippen LogP contribution in [0, 0.1) is 13.8 Å². The van der Waals surface area contributed by atoms with E-state index < -0.39 is 0 Å². The van der Waals surface area contributed by atoms with Crippen molar-refractivity contribution < 1.29 is 9.47 Å². The zero-order valence-electron chi connectivity index (χ0n) is 20.1. The highest BCUT2D eigenvalue weighted by Gasteiger charge is 2.43. The first-order valence-corrected chi connectivity index (χ1v) is 11.8. The van der Waals surface area contributed by atoms with Crippen molar-refractivity contribution in [3.8, 4) is 17.3 Å². The smallest absolute Gasteiger partial charge is 0.174 e. The van der Waals surface area contributed by atoms with Crippen LogP contribution in [0.5, 0.6) is 11.5 Å². The van der Waals surface area contributed by atoms with Gasteiger partial charge in [0.25, 0.3) is 0 Å². The summed E-state index contributed by atoms with van der Waals surface area (Å²) in [6, 6.07) is 19.5. The van der Waals surface area contributed by atoms with E-state index in [1.54, 1.807) is 14.2 Å². The first kappa shape index (κ1) is 22.9. The first-order chi connectivity index (χ1) is 17.0. The van der Waals surface area contributed by atoms with Crippen molar-refractivity contribution in [2.45, 2.75) is 25.9 Å². The Labute approximate surface area is 210 Å². The van der Waals surface area contributed by atoms with Gasteiger partial charge in [0.15, 0.2) is 5.11 Å². The maximum absolute atomic E-state index is 5.91. The second-order valence-electron chi connectivity index (χ2n) is 8.38. The predicted octanol–water partition coefficient (Wildman–Crippen LogP) is 5.08. The zero-order valence-corrected chi connectivity index (χ0v) is 20.9. The molecule has 1 aliphatic rings. The molecule has 1 N–H and O–H groups in total. The molecule has 0 unspecified atom stereocenters. The number of aryl methyl sites for hydroxylation is 1. The molecule has 35 heavy (non-hydrogen) atoms. The molecular formula is C27H27N5O2S. The molecule has 0 saturated carbocycles. The van der Waals surface area contributed by atoms with Crippen molar-refractivity contribution in [1.82, 2.24) is 19.9 Å². The number of hydrogen-bond donors (Lipinski definition) is 1. The molecule has 2 atom stereocenters. The van der Waals surface area contributed by atoms with E-state index in [0.29, 0.717) is 10.9 Å². The fourth-order valence-electron chi connectivity index (χ4n) is 4.84. The average molecular weight is 486 g/mol. The molecule has 0 radical (unpaired) electrons. The Bertz CT molecular complexity index is 1360. The molecular weight excluding hydrogens is 458 g/mol. The van der Waals surface area contributed by atoms with Gasteiger partial charge in [0.1, 0.15) is 17.3 Å². The molecule has 4 heterocycles. The SMILES string of the molecule is COc1ccc(OC)c(N2C(=S)N[C@H](c3ccccn3)[C@@H]2c2cc(C)n(-c3ccccn3)c2C)c1. The standard InChI is InChI=1S/C27H27N5O2S/c1-17-15-20(18(2)31(17)24-10-6-8-14-29-24)26-25(21-9-5-7-13-28-21)30-27(35)32(26)22-16-19(33-3)11-12-23(22)34-4/h5-16,25-26H,1-4H3,(H,30,35)/t25-,26+/m1/s1. The number of nitrogens with one attached hydrogen (secondary N) is 1. The quantitative estimate of drug-likeness (QED) is 0.382. The van der Waals surface area contributed by atoms with Gasteiger partial charge in [-0.2, -0.15) is 0 Å². The topological polar surface area (TPSA) is 64.4 Å². The van der Waals surface area contributed by atoms with Gasteiger partial charge in [-0.05, 0) is 74.1 Å². The molecule has 1 aromatic carbocycles. The third-order valence-corrected chi connectivity index (χ3v) is 6.73. The summed E-state index contributed by atoms with van der Waals surface area (Å²) in [5, 5.41) is 4.12. The lowest BCUT2D eigenvalue weighted by molar-refractivity contribution is 0.403. The molecule has 0 amide bonds. The van der Waals surface area contributed by atoms with Crippen LogP contribution < -0.4 is 19.7 Å². The van der Waals surface area contributed by atoms with Crippen LogP contribution in [0.3, 0.4) is 0 Å². The van der Waals surface area contributed by atoms with Gasteiger partial charge in [-0.15, -0.1) is 0 Å². The number of ether oxygens (including phenoxy) is 2. The van der Waals surface area contributed by atoms with Crippen molar-refractivity contribution in [2.75, 3.05) is 19.1 Å². The normalized spacial score (nSPS) is 17.4. The number of pyridine rings is 2. The van der Waals surface area contributed by atoms with Gasteiger partial charge >= 0.3 is 0 Å². The number of anilines is 1.